The first kappa shape index (κ1) is 20.3. The van der Waals surface area contributed by atoms with Crippen LogP contribution in [0, 0.1) is 5.41 Å². The van der Waals surface area contributed by atoms with Gasteiger partial charge in [0.05, 0.1) is 7.11 Å². The van der Waals surface area contributed by atoms with Gasteiger partial charge in [-0.15, -0.1) is 0 Å². The minimum Gasteiger partial charge on any atom is -0.497 e. The number of methoxy groups -OCH3 is 1. The van der Waals surface area contributed by atoms with Crippen LogP contribution in [0.1, 0.15) is 27.7 Å². The summed E-state index contributed by atoms with van der Waals surface area (Å²) in [6.45, 7) is 7.19. The molecule has 2 amide bonds. The fourth-order valence-electron chi connectivity index (χ4n) is 2.15. The first-order chi connectivity index (χ1) is 12.7. The van der Waals surface area contributed by atoms with Crippen molar-refractivity contribution in [3.63, 3.8) is 0 Å². The molecule has 0 heterocycles. The second kappa shape index (κ2) is 8.58. The zero-order valence-corrected chi connectivity index (χ0v) is 16.3. The van der Waals surface area contributed by atoms with Gasteiger partial charge in [-0.1, -0.05) is 26.8 Å². The Morgan fingerprint density at radius 3 is 2.04 bits per heavy atom. The molecule has 0 spiro atoms. The first-order valence-corrected chi connectivity index (χ1v) is 8.72. The van der Waals surface area contributed by atoms with E-state index < -0.39 is 11.5 Å². The van der Waals surface area contributed by atoms with Crippen molar-refractivity contribution < 1.29 is 19.1 Å². The van der Waals surface area contributed by atoms with Crippen molar-refractivity contribution in [3.8, 4) is 11.5 Å². The molecule has 0 aliphatic carbocycles. The molecule has 0 saturated carbocycles. The average Bonchev–Trinajstić information content (AvgIpc) is 2.61. The van der Waals surface area contributed by atoms with Gasteiger partial charge in [-0.2, -0.15) is 0 Å². The van der Waals surface area contributed by atoms with Crippen LogP contribution in [-0.4, -0.2) is 25.0 Å². The van der Waals surface area contributed by atoms with Crippen LogP contribution < -0.4 is 20.1 Å². The maximum absolute atomic E-state index is 12.4. The van der Waals surface area contributed by atoms with E-state index in [1.807, 2.05) is 20.8 Å². The summed E-state index contributed by atoms with van der Waals surface area (Å²) in [5.74, 6) is 0.908. The molecule has 2 rings (SSSR count). The fourth-order valence-corrected chi connectivity index (χ4v) is 2.15. The Bertz CT molecular complexity index is 795. The fraction of sp³-hybridized carbons (Fsp3) is 0.333. The van der Waals surface area contributed by atoms with Gasteiger partial charge in [0, 0.05) is 16.8 Å². The summed E-state index contributed by atoms with van der Waals surface area (Å²) in [5.41, 5.74) is 0.702. The van der Waals surface area contributed by atoms with Crippen molar-refractivity contribution >= 4 is 23.2 Å². The van der Waals surface area contributed by atoms with Crippen LogP contribution in [0.3, 0.4) is 0 Å². The third-order valence-corrected chi connectivity index (χ3v) is 3.81. The number of hydrogen-bond acceptors (Lipinski definition) is 4. The molecule has 0 saturated heterocycles. The highest BCUT2D eigenvalue weighted by Gasteiger charge is 2.21. The van der Waals surface area contributed by atoms with Crippen LogP contribution in [0.5, 0.6) is 11.5 Å². The third-order valence-electron chi connectivity index (χ3n) is 3.81. The van der Waals surface area contributed by atoms with Crippen LogP contribution in [0.25, 0.3) is 0 Å². The molecule has 1 unspecified atom stereocenters. The van der Waals surface area contributed by atoms with E-state index in [0.29, 0.717) is 22.9 Å². The number of carbonyl (C=O) groups excluding carboxylic acids is 2. The molecule has 0 bridgehead atoms. The van der Waals surface area contributed by atoms with Gasteiger partial charge in [0.15, 0.2) is 6.10 Å². The first-order valence-electron chi connectivity index (χ1n) is 8.72. The number of hydrogen-bond donors (Lipinski definition) is 2. The zero-order valence-electron chi connectivity index (χ0n) is 16.3. The van der Waals surface area contributed by atoms with E-state index in [9.17, 15) is 9.59 Å². The van der Waals surface area contributed by atoms with E-state index in [-0.39, 0.29) is 11.8 Å². The van der Waals surface area contributed by atoms with Gasteiger partial charge in [-0.05, 0) is 49.4 Å². The van der Waals surface area contributed by atoms with Gasteiger partial charge < -0.3 is 20.1 Å². The second-order valence-corrected chi connectivity index (χ2v) is 7.21. The average molecular weight is 370 g/mol. The van der Waals surface area contributed by atoms with Crippen molar-refractivity contribution in [1.29, 1.82) is 0 Å². The van der Waals surface area contributed by atoms with E-state index in [1.165, 1.54) is 0 Å². The number of rotatable bonds is 6. The third kappa shape index (κ3) is 6.02. The lowest BCUT2D eigenvalue weighted by Gasteiger charge is -2.18. The highest BCUT2D eigenvalue weighted by Crippen LogP contribution is 2.21. The molecule has 2 aromatic carbocycles. The molecule has 0 aliphatic heterocycles. The monoisotopic (exact) mass is 370 g/mol. The number of ether oxygens (including phenoxy) is 2. The molecule has 1 atom stereocenters. The lowest BCUT2D eigenvalue weighted by atomic mass is 9.95. The van der Waals surface area contributed by atoms with Gasteiger partial charge >= 0.3 is 0 Å². The highest BCUT2D eigenvalue weighted by atomic mass is 16.5. The quantitative estimate of drug-likeness (QED) is 0.803. The molecule has 144 valence electrons. The van der Waals surface area contributed by atoms with E-state index in [1.54, 1.807) is 62.6 Å². The summed E-state index contributed by atoms with van der Waals surface area (Å²) in [7, 11) is 1.59. The second-order valence-electron chi connectivity index (χ2n) is 7.21. The Labute approximate surface area is 159 Å². The summed E-state index contributed by atoms with van der Waals surface area (Å²) in [6, 6.07) is 14.0. The SMILES string of the molecule is COc1ccc(OC(C)C(=O)Nc2cccc(NC(=O)C(C)(C)C)c2)cc1. The molecule has 0 radical (unpaired) electrons. The number of benzene rings is 2. The number of nitrogens with one attached hydrogen (secondary N) is 2. The number of carbonyl (C=O) groups is 2. The van der Waals surface area contributed by atoms with Crippen LogP contribution in [-0.2, 0) is 9.59 Å². The Hall–Kier alpha value is -3.02. The van der Waals surface area contributed by atoms with Crippen LogP contribution in [0.2, 0.25) is 0 Å². The maximum atomic E-state index is 12.4. The van der Waals surface area contributed by atoms with Crippen molar-refractivity contribution in [2.45, 2.75) is 33.8 Å². The summed E-state index contributed by atoms with van der Waals surface area (Å²) >= 11 is 0. The number of anilines is 2. The van der Waals surface area contributed by atoms with E-state index >= 15 is 0 Å². The molecule has 2 N–H and O–H groups in total. The van der Waals surface area contributed by atoms with Gasteiger partial charge in [0.2, 0.25) is 5.91 Å². The van der Waals surface area contributed by atoms with Crippen LogP contribution >= 0.6 is 0 Å². The van der Waals surface area contributed by atoms with Crippen molar-refractivity contribution in [2.24, 2.45) is 5.41 Å². The molecular formula is C21H26N2O4. The van der Waals surface area contributed by atoms with Gasteiger partial charge in [0.25, 0.3) is 5.91 Å². The van der Waals surface area contributed by atoms with Gasteiger partial charge in [-0.25, -0.2) is 0 Å². The van der Waals surface area contributed by atoms with Crippen molar-refractivity contribution in [2.75, 3.05) is 17.7 Å². The Balaban J connectivity index is 1.98. The van der Waals surface area contributed by atoms with Crippen molar-refractivity contribution in [3.05, 3.63) is 48.5 Å². The molecule has 27 heavy (non-hydrogen) atoms. The zero-order chi connectivity index (χ0) is 20.0. The van der Waals surface area contributed by atoms with E-state index in [2.05, 4.69) is 10.6 Å². The minimum absolute atomic E-state index is 0.0952. The van der Waals surface area contributed by atoms with E-state index in [0.717, 1.165) is 0 Å². The molecule has 2 aromatic rings. The Morgan fingerprint density at radius 2 is 1.48 bits per heavy atom. The van der Waals surface area contributed by atoms with Crippen LogP contribution in [0.15, 0.2) is 48.5 Å². The molecule has 6 heteroatoms. The van der Waals surface area contributed by atoms with Gasteiger partial charge in [-0.3, -0.25) is 9.59 Å². The molecule has 0 fully saturated rings. The molecule has 0 aromatic heterocycles. The predicted octanol–water partition coefficient (Wildman–Crippen LogP) is 4.09. The predicted molar refractivity (Wildman–Crippen MR) is 106 cm³/mol. The summed E-state index contributed by atoms with van der Waals surface area (Å²) in [4.78, 5) is 24.5. The lowest BCUT2D eigenvalue weighted by molar-refractivity contribution is -0.123. The highest BCUT2D eigenvalue weighted by molar-refractivity contribution is 5.97. The summed E-state index contributed by atoms with van der Waals surface area (Å²) < 4.78 is 10.7. The molecular weight excluding hydrogens is 344 g/mol. The summed E-state index contributed by atoms with van der Waals surface area (Å²) in [5, 5.41) is 5.64. The molecule has 6 nitrogen and oxygen atoms in total. The standard InChI is InChI=1S/C21H26N2O4/c1-14(27-18-11-9-17(26-5)10-12-18)19(24)22-15-7-6-8-16(13-15)23-20(25)21(2,3)4/h6-14H,1-5H3,(H,22,24)(H,23,25). The molecule has 0 aliphatic rings. The van der Waals surface area contributed by atoms with Gasteiger partial charge in [0.1, 0.15) is 11.5 Å². The lowest BCUT2D eigenvalue weighted by Crippen LogP contribution is -2.30. The maximum Gasteiger partial charge on any atom is 0.265 e. The van der Waals surface area contributed by atoms with Crippen molar-refractivity contribution in [1.82, 2.24) is 0 Å². The topological polar surface area (TPSA) is 76.7 Å². The normalized spacial score (nSPS) is 12.0. The minimum atomic E-state index is -0.689. The smallest absolute Gasteiger partial charge is 0.265 e. The Morgan fingerprint density at radius 1 is 0.926 bits per heavy atom. The number of amides is 2. The summed E-state index contributed by atoms with van der Waals surface area (Å²) in [6.07, 6.45) is -0.689. The van der Waals surface area contributed by atoms with E-state index in [4.69, 9.17) is 9.47 Å². The van der Waals surface area contributed by atoms with Crippen LogP contribution in [0.4, 0.5) is 11.4 Å². The Kier molecular flexibility index (Phi) is 6.45. The largest absolute Gasteiger partial charge is 0.497 e.